The lowest BCUT2D eigenvalue weighted by molar-refractivity contribution is 0.104. The van der Waals surface area contributed by atoms with Crippen molar-refractivity contribution in [1.29, 1.82) is 0 Å². The molecular formula is C22H24N4OS. The molecule has 1 atom stereocenters. The van der Waals surface area contributed by atoms with Crippen molar-refractivity contribution in [3.05, 3.63) is 65.6 Å². The van der Waals surface area contributed by atoms with E-state index in [9.17, 15) is 0 Å². The molecule has 6 heteroatoms. The number of pyridine rings is 1. The molecular weight excluding hydrogens is 368 g/mol. The zero-order valence-corrected chi connectivity index (χ0v) is 16.9. The number of hydrogen-bond acceptors (Lipinski definition) is 6. The Kier molecular flexibility index (Phi) is 4.74. The lowest BCUT2D eigenvalue weighted by atomic mass is 10.1. The van der Waals surface area contributed by atoms with Gasteiger partial charge in [0, 0.05) is 24.9 Å². The SMILES string of the molecule is CC1=C(CC2CCCO2)N(Cc2ccccn2)N(c2nc3ccccc3s2)C1. The van der Waals surface area contributed by atoms with Gasteiger partial charge in [0.1, 0.15) is 0 Å². The maximum absolute atomic E-state index is 5.94. The smallest absolute Gasteiger partial charge is 0.205 e. The number of thiazole rings is 1. The molecule has 0 amide bonds. The van der Waals surface area contributed by atoms with Gasteiger partial charge in [-0.05, 0) is 49.6 Å². The Morgan fingerprint density at radius 2 is 2.07 bits per heavy atom. The second-order valence-corrected chi connectivity index (χ2v) is 8.48. The molecule has 0 aliphatic carbocycles. The van der Waals surface area contributed by atoms with Crippen molar-refractivity contribution >= 4 is 26.7 Å². The van der Waals surface area contributed by atoms with Crippen molar-refractivity contribution in [2.45, 2.75) is 38.8 Å². The number of nitrogens with zero attached hydrogens (tertiary/aromatic N) is 4. The zero-order valence-electron chi connectivity index (χ0n) is 16.0. The molecule has 1 aromatic carbocycles. The summed E-state index contributed by atoms with van der Waals surface area (Å²) >= 11 is 1.75. The number of ether oxygens (including phenoxy) is 1. The molecule has 5 nitrogen and oxygen atoms in total. The van der Waals surface area contributed by atoms with Crippen LogP contribution in [-0.4, -0.2) is 34.2 Å². The average molecular weight is 393 g/mol. The van der Waals surface area contributed by atoms with Crippen LogP contribution in [0.2, 0.25) is 0 Å². The minimum absolute atomic E-state index is 0.325. The van der Waals surface area contributed by atoms with E-state index in [1.54, 1.807) is 11.3 Å². The monoisotopic (exact) mass is 392 g/mol. The molecule has 144 valence electrons. The summed E-state index contributed by atoms with van der Waals surface area (Å²) < 4.78 is 7.17. The highest BCUT2D eigenvalue weighted by molar-refractivity contribution is 7.22. The lowest BCUT2D eigenvalue weighted by Gasteiger charge is -2.32. The Labute approximate surface area is 169 Å². The van der Waals surface area contributed by atoms with Crippen molar-refractivity contribution in [3.63, 3.8) is 0 Å². The molecule has 1 saturated heterocycles. The average Bonchev–Trinajstić information content (AvgIpc) is 3.44. The number of rotatable bonds is 5. The van der Waals surface area contributed by atoms with Crippen LogP contribution in [0.3, 0.4) is 0 Å². The maximum atomic E-state index is 5.94. The van der Waals surface area contributed by atoms with Gasteiger partial charge in [-0.3, -0.25) is 15.0 Å². The summed E-state index contributed by atoms with van der Waals surface area (Å²) in [5.74, 6) is 0. The van der Waals surface area contributed by atoms with E-state index in [0.29, 0.717) is 6.10 Å². The van der Waals surface area contributed by atoms with E-state index in [-0.39, 0.29) is 0 Å². The van der Waals surface area contributed by atoms with Crippen LogP contribution in [0.25, 0.3) is 10.2 Å². The quantitative estimate of drug-likeness (QED) is 0.625. The third kappa shape index (κ3) is 3.38. The fourth-order valence-corrected chi connectivity index (χ4v) is 5.01. The molecule has 4 heterocycles. The van der Waals surface area contributed by atoms with Crippen LogP contribution in [0.15, 0.2) is 59.9 Å². The number of aromatic nitrogens is 2. The Morgan fingerprint density at radius 3 is 2.86 bits per heavy atom. The van der Waals surface area contributed by atoms with Crippen LogP contribution >= 0.6 is 11.3 Å². The normalized spacial score (nSPS) is 20.0. The number of benzene rings is 1. The van der Waals surface area contributed by atoms with Crippen LogP contribution in [0, 0.1) is 0 Å². The fourth-order valence-electron chi connectivity index (χ4n) is 4.04. The van der Waals surface area contributed by atoms with Gasteiger partial charge in [-0.15, -0.1) is 0 Å². The largest absolute Gasteiger partial charge is 0.378 e. The number of para-hydroxylation sites is 1. The summed E-state index contributed by atoms with van der Waals surface area (Å²) in [6.07, 6.45) is 5.46. The number of hydrogen-bond donors (Lipinski definition) is 0. The van der Waals surface area contributed by atoms with Gasteiger partial charge in [0.2, 0.25) is 5.13 Å². The molecule has 0 N–H and O–H groups in total. The highest BCUT2D eigenvalue weighted by Gasteiger charge is 2.32. The van der Waals surface area contributed by atoms with E-state index < -0.39 is 0 Å². The molecule has 2 aliphatic heterocycles. The Hall–Kier alpha value is -2.44. The Morgan fingerprint density at radius 1 is 1.18 bits per heavy atom. The molecule has 1 unspecified atom stereocenters. The van der Waals surface area contributed by atoms with Crippen LogP contribution < -0.4 is 5.01 Å². The van der Waals surface area contributed by atoms with Crippen LogP contribution in [-0.2, 0) is 11.3 Å². The van der Waals surface area contributed by atoms with Gasteiger partial charge in [0.05, 0.1) is 35.1 Å². The second kappa shape index (κ2) is 7.53. The van der Waals surface area contributed by atoms with Gasteiger partial charge in [-0.25, -0.2) is 4.98 Å². The summed E-state index contributed by atoms with van der Waals surface area (Å²) in [5.41, 5.74) is 4.88. The van der Waals surface area contributed by atoms with Crippen molar-refractivity contribution < 1.29 is 4.74 Å². The Balaban J connectivity index is 1.48. The maximum Gasteiger partial charge on any atom is 0.205 e. The predicted molar refractivity (Wildman–Crippen MR) is 113 cm³/mol. The van der Waals surface area contributed by atoms with Gasteiger partial charge in [0.15, 0.2) is 0 Å². The van der Waals surface area contributed by atoms with E-state index in [2.05, 4.69) is 52.3 Å². The molecule has 2 aromatic heterocycles. The van der Waals surface area contributed by atoms with E-state index in [4.69, 9.17) is 9.72 Å². The molecule has 28 heavy (non-hydrogen) atoms. The summed E-state index contributed by atoms with van der Waals surface area (Å²) in [7, 11) is 0. The van der Waals surface area contributed by atoms with E-state index >= 15 is 0 Å². The van der Waals surface area contributed by atoms with Gasteiger partial charge in [-0.2, -0.15) is 0 Å². The summed E-state index contributed by atoms with van der Waals surface area (Å²) in [5, 5.41) is 5.73. The first-order valence-electron chi connectivity index (χ1n) is 9.88. The van der Waals surface area contributed by atoms with Crippen molar-refractivity contribution in [2.75, 3.05) is 18.2 Å². The van der Waals surface area contributed by atoms with Crippen molar-refractivity contribution in [2.24, 2.45) is 0 Å². The summed E-state index contributed by atoms with van der Waals surface area (Å²) in [4.78, 5) is 9.48. The predicted octanol–water partition coefficient (Wildman–Crippen LogP) is 4.77. The van der Waals surface area contributed by atoms with E-state index in [1.807, 2.05) is 18.3 Å². The van der Waals surface area contributed by atoms with E-state index in [0.717, 1.165) is 48.9 Å². The van der Waals surface area contributed by atoms with Crippen LogP contribution in [0.4, 0.5) is 5.13 Å². The standard InChI is InChI=1S/C22H24N4OS/c1-16-14-26(22-24-19-9-2-3-10-21(19)28-22)25(15-17-7-4-5-11-23-17)20(16)13-18-8-6-12-27-18/h2-5,7,9-11,18H,6,8,12-15H2,1H3. The lowest BCUT2D eigenvalue weighted by Crippen LogP contribution is -2.38. The van der Waals surface area contributed by atoms with Gasteiger partial charge in [0.25, 0.3) is 0 Å². The number of hydrazine groups is 1. The topological polar surface area (TPSA) is 41.5 Å². The molecule has 2 aliphatic rings. The molecule has 0 radical (unpaired) electrons. The first kappa shape index (κ1) is 17.6. The van der Waals surface area contributed by atoms with Crippen LogP contribution in [0.1, 0.15) is 31.9 Å². The minimum Gasteiger partial charge on any atom is -0.378 e. The minimum atomic E-state index is 0.325. The summed E-state index contributed by atoms with van der Waals surface area (Å²) in [6, 6.07) is 14.5. The third-order valence-electron chi connectivity index (χ3n) is 5.47. The molecule has 1 fully saturated rings. The number of fused-ring (bicyclic) bond motifs is 1. The van der Waals surface area contributed by atoms with Crippen molar-refractivity contribution in [3.8, 4) is 0 Å². The van der Waals surface area contributed by atoms with Crippen LogP contribution in [0.5, 0.6) is 0 Å². The first-order chi connectivity index (χ1) is 13.8. The molecule has 5 rings (SSSR count). The van der Waals surface area contributed by atoms with Gasteiger partial charge < -0.3 is 4.74 Å². The second-order valence-electron chi connectivity index (χ2n) is 7.47. The van der Waals surface area contributed by atoms with E-state index in [1.165, 1.54) is 22.4 Å². The molecule has 0 spiro atoms. The highest BCUT2D eigenvalue weighted by Crippen LogP contribution is 2.37. The Bertz CT molecular complexity index is 961. The van der Waals surface area contributed by atoms with Gasteiger partial charge in [-0.1, -0.05) is 29.5 Å². The molecule has 3 aromatic rings. The third-order valence-corrected chi connectivity index (χ3v) is 6.52. The highest BCUT2D eigenvalue weighted by atomic mass is 32.1. The van der Waals surface area contributed by atoms with Crippen molar-refractivity contribution in [1.82, 2.24) is 15.0 Å². The molecule has 0 saturated carbocycles. The number of anilines is 1. The fraction of sp³-hybridized carbons (Fsp3) is 0.364. The first-order valence-corrected chi connectivity index (χ1v) is 10.7. The zero-order chi connectivity index (χ0) is 18.9. The summed E-state index contributed by atoms with van der Waals surface area (Å²) in [6.45, 7) is 4.74. The van der Waals surface area contributed by atoms with Gasteiger partial charge >= 0.3 is 0 Å². The molecule has 0 bridgehead atoms.